The predicted octanol–water partition coefficient (Wildman–Crippen LogP) is 3.31. The normalized spacial score (nSPS) is 12.4. The van der Waals surface area contributed by atoms with Crippen molar-refractivity contribution in [1.82, 2.24) is 0 Å². The first kappa shape index (κ1) is 11.5. The average molecular weight is 226 g/mol. The number of hydrogen-bond donors (Lipinski definition) is 2. The fraction of sp³-hybridized carbons (Fsp3) is 0.200. The van der Waals surface area contributed by atoms with Gasteiger partial charge in [-0.2, -0.15) is 0 Å². The summed E-state index contributed by atoms with van der Waals surface area (Å²) in [7, 11) is 0. The first-order valence-corrected chi connectivity index (χ1v) is 5.80. The average Bonchev–Trinajstić information content (AvgIpc) is 2.33. The molecule has 0 saturated carbocycles. The number of para-hydroxylation sites is 1. The molecule has 0 radical (unpaired) electrons. The maximum Gasteiger partial charge on any atom is 0.0586 e. The Balaban J connectivity index is 2.40. The van der Waals surface area contributed by atoms with E-state index >= 15 is 0 Å². The van der Waals surface area contributed by atoms with E-state index in [4.69, 9.17) is 11.5 Å². The van der Waals surface area contributed by atoms with Crippen LogP contribution in [0.25, 0.3) is 0 Å². The molecule has 17 heavy (non-hydrogen) atoms. The second-order valence-corrected chi connectivity index (χ2v) is 4.48. The third kappa shape index (κ3) is 2.26. The van der Waals surface area contributed by atoms with Crippen molar-refractivity contribution in [2.45, 2.75) is 19.8 Å². The van der Waals surface area contributed by atoms with Gasteiger partial charge in [-0.3, -0.25) is 0 Å². The number of rotatable bonds is 2. The third-order valence-electron chi connectivity index (χ3n) is 3.22. The quantitative estimate of drug-likeness (QED) is 0.772. The number of aryl methyl sites for hydroxylation is 1. The largest absolute Gasteiger partial charge is 0.397 e. The van der Waals surface area contributed by atoms with E-state index in [1.54, 1.807) is 0 Å². The summed E-state index contributed by atoms with van der Waals surface area (Å²) in [5.74, 6) is 0.263. The summed E-state index contributed by atoms with van der Waals surface area (Å²) >= 11 is 0. The third-order valence-corrected chi connectivity index (χ3v) is 3.22. The van der Waals surface area contributed by atoms with E-state index in [1.807, 2.05) is 18.2 Å². The van der Waals surface area contributed by atoms with Crippen molar-refractivity contribution in [3.8, 4) is 0 Å². The van der Waals surface area contributed by atoms with E-state index in [1.165, 1.54) is 11.1 Å². The first-order valence-electron chi connectivity index (χ1n) is 5.80. The van der Waals surface area contributed by atoms with E-state index in [0.29, 0.717) is 11.4 Å². The summed E-state index contributed by atoms with van der Waals surface area (Å²) in [5, 5.41) is 0. The van der Waals surface area contributed by atoms with Crippen molar-refractivity contribution in [3.05, 3.63) is 59.2 Å². The minimum atomic E-state index is 0.263. The first-order chi connectivity index (χ1) is 8.09. The van der Waals surface area contributed by atoms with Crippen molar-refractivity contribution in [3.63, 3.8) is 0 Å². The van der Waals surface area contributed by atoms with Crippen LogP contribution in [0.2, 0.25) is 0 Å². The van der Waals surface area contributed by atoms with Crippen molar-refractivity contribution in [2.24, 2.45) is 0 Å². The van der Waals surface area contributed by atoms with Crippen LogP contribution in [-0.2, 0) is 0 Å². The van der Waals surface area contributed by atoms with E-state index < -0.39 is 0 Å². The van der Waals surface area contributed by atoms with Gasteiger partial charge in [-0.25, -0.2) is 0 Å². The molecule has 2 aromatic rings. The van der Waals surface area contributed by atoms with Crippen LogP contribution in [0.3, 0.4) is 0 Å². The van der Waals surface area contributed by atoms with E-state index in [0.717, 1.165) is 5.56 Å². The Bertz CT molecular complexity index is 515. The van der Waals surface area contributed by atoms with Gasteiger partial charge in [-0.1, -0.05) is 48.9 Å². The molecule has 0 saturated heterocycles. The van der Waals surface area contributed by atoms with Gasteiger partial charge in [-0.05, 0) is 24.1 Å². The molecular formula is C15H18N2. The predicted molar refractivity (Wildman–Crippen MR) is 74.0 cm³/mol. The number of benzene rings is 2. The number of nitrogen functional groups attached to an aromatic ring is 2. The van der Waals surface area contributed by atoms with E-state index in [9.17, 15) is 0 Å². The van der Waals surface area contributed by atoms with Crippen molar-refractivity contribution >= 4 is 11.4 Å². The van der Waals surface area contributed by atoms with Crippen molar-refractivity contribution in [1.29, 1.82) is 0 Å². The van der Waals surface area contributed by atoms with Gasteiger partial charge in [0.2, 0.25) is 0 Å². The van der Waals surface area contributed by atoms with Crippen molar-refractivity contribution in [2.75, 3.05) is 11.5 Å². The molecule has 0 fully saturated rings. The van der Waals surface area contributed by atoms with Crippen LogP contribution in [0.1, 0.15) is 29.5 Å². The summed E-state index contributed by atoms with van der Waals surface area (Å²) < 4.78 is 0. The molecule has 2 rings (SSSR count). The van der Waals surface area contributed by atoms with E-state index in [-0.39, 0.29) is 5.92 Å². The van der Waals surface area contributed by atoms with Crippen LogP contribution in [0.5, 0.6) is 0 Å². The second kappa shape index (κ2) is 4.50. The molecule has 0 aliphatic heterocycles. The zero-order valence-electron chi connectivity index (χ0n) is 10.3. The van der Waals surface area contributed by atoms with Gasteiger partial charge < -0.3 is 11.5 Å². The molecule has 0 aliphatic rings. The number of hydrogen-bond acceptors (Lipinski definition) is 2. The minimum absolute atomic E-state index is 0.263. The van der Waals surface area contributed by atoms with Gasteiger partial charge in [0.15, 0.2) is 0 Å². The Hall–Kier alpha value is -1.96. The number of nitrogens with two attached hydrogens (primary N) is 2. The smallest absolute Gasteiger partial charge is 0.0586 e. The fourth-order valence-electron chi connectivity index (χ4n) is 2.01. The molecule has 0 spiro atoms. The molecule has 1 atom stereocenters. The highest BCUT2D eigenvalue weighted by Crippen LogP contribution is 2.31. The summed E-state index contributed by atoms with van der Waals surface area (Å²) in [4.78, 5) is 0. The Kier molecular flexibility index (Phi) is 3.05. The SMILES string of the molecule is Cc1ccc(C(C)c2cccc(N)c2N)cc1. The highest BCUT2D eigenvalue weighted by molar-refractivity contribution is 5.68. The second-order valence-electron chi connectivity index (χ2n) is 4.48. The van der Waals surface area contributed by atoms with Gasteiger partial charge in [-0.15, -0.1) is 0 Å². The topological polar surface area (TPSA) is 52.0 Å². The highest BCUT2D eigenvalue weighted by atomic mass is 14.7. The monoisotopic (exact) mass is 226 g/mol. The van der Waals surface area contributed by atoms with Crippen LogP contribution >= 0.6 is 0 Å². The van der Waals surface area contributed by atoms with Crippen LogP contribution in [0, 0.1) is 6.92 Å². The molecule has 0 amide bonds. The van der Waals surface area contributed by atoms with Crippen molar-refractivity contribution < 1.29 is 0 Å². The Morgan fingerprint density at radius 3 is 2.24 bits per heavy atom. The van der Waals surface area contributed by atoms with Crippen LogP contribution in [-0.4, -0.2) is 0 Å². The standard InChI is InChI=1S/C15H18N2/c1-10-6-8-12(9-7-10)11(2)13-4-3-5-14(16)15(13)17/h3-9,11H,16-17H2,1-2H3. The Morgan fingerprint density at radius 2 is 1.59 bits per heavy atom. The van der Waals surface area contributed by atoms with Gasteiger partial charge in [0.25, 0.3) is 0 Å². The lowest BCUT2D eigenvalue weighted by Gasteiger charge is -2.16. The summed E-state index contributed by atoms with van der Waals surface area (Å²) in [6.07, 6.45) is 0. The van der Waals surface area contributed by atoms with Crippen LogP contribution in [0.15, 0.2) is 42.5 Å². The van der Waals surface area contributed by atoms with Gasteiger partial charge >= 0.3 is 0 Å². The Morgan fingerprint density at radius 1 is 0.941 bits per heavy atom. The summed E-state index contributed by atoms with van der Waals surface area (Å²) in [5.41, 5.74) is 16.8. The molecule has 0 bridgehead atoms. The highest BCUT2D eigenvalue weighted by Gasteiger charge is 2.12. The molecule has 2 heteroatoms. The Labute approximate surface area is 102 Å². The molecule has 88 valence electrons. The maximum atomic E-state index is 6.03. The lowest BCUT2D eigenvalue weighted by atomic mass is 9.91. The summed E-state index contributed by atoms with van der Waals surface area (Å²) in [6.45, 7) is 4.24. The van der Waals surface area contributed by atoms with Gasteiger partial charge in [0, 0.05) is 5.92 Å². The molecule has 2 nitrogen and oxygen atoms in total. The van der Waals surface area contributed by atoms with E-state index in [2.05, 4.69) is 38.1 Å². The van der Waals surface area contributed by atoms with Crippen LogP contribution < -0.4 is 11.5 Å². The molecule has 0 heterocycles. The molecule has 1 unspecified atom stereocenters. The molecule has 4 N–H and O–H groups in total. The minimum Gasteiger partial charge on any atom is -0.397 e. The zero-order valence-corrected chi connectivity index (χ0v) is 10.3. The fourth-order valence-corrected chi connectivity index (χ4v) is 2.01. The van der Waals surface area contributed by atoms with Gasteiger partial charge in [0.1, 0.15) is 0 Å². The molecule has 0 aliphatic carbocycles. The lowest BCUT2D eigenvalue weighted by molar-refractivity contribution is 0.925. The molecule has 0 aromatic heterocycles. The molecular weight excluding hydrogens is 208 g/mol. The number of anilines is 2. The summed E-state index contributed by atoms with van der Waals surface area (Å²) in [6, 6.07) is 14.3. The van der Waals surface area contributed by atoms with Gasteiger partial charge in [0.05, 0.1) is 11.4 Å². The maximum absolute atomic E-state index is 6.03. The zero-order chi connectivity index (χ0) is 12.4. The molecule has 2 aromatic carbocycles. The lowest BCUT2D eigenvalue weighted by Crippen LogP contribution is -2.04. The van der Waals surface area contributed by atoms with Crippen LogP contribution in [0.4, 0.5) is 11.4 Å².